The van der Waals surface area contributed by atoms with E-state index in [0.717, 1.165) is 60.4 Å². The van der Waals surface area contributed by atoms with Crippen LogP contribution in [0.3, 0.4) is 0 Å². The van der Waals surface area contributed by atoms with E-state index >= 15 is 0 Å². The van der Waals surface area contributed by atoms with E-state index < -0.39 is 10.0 Å². The number of anilines is 2. The maximum absolute atomic E-state index is 11.5. The minimum Gasteiger partial charge on any atom is -0.379 e. The average Bonchev–Trinajstić information content (AvgIpc) is 2.84. The average molecular weight is 477 g/mol. The molecule has 0 spiro atoms. The van der Waals surface area contributed by atoms with Crippen molar-refractivity contribution in [3.63, 3.8) is 0 Å². The molecule has 4 aromatic rings. The van der Waals surface area contributed by atoms with Crippen LogP contribution >= 0.6 is 0 Å². The molecule has 1 aliphatic rings. The molecule has 10 heteroatoms. The Morgan fingerprint density at radius 3 is 2.59 bits per heavy atom. The summed E-state index contributed by atoms with van der Waals surface area (Å²) in [5, 5.41) is 9.21. The fourth-order valence-corrected chi connectivity index (χ4v) is 4.46. The highest BCUT2D eigenvalue weighted by atomic mass is 32.2. The Hall–Kier alpha value is -3.44. The lowest BCUT2D eigenvalue weighted by Crippen LogP contribution is -2.35. The molecule has 0 saturated carbocycles. The molecule has 174 valence electrons. The van der Waals surface area contributed by atoms with Crippen LogP contribution in [0.1, 0.15) is 5.56 Å². The zero-order valence-electron chi connectivity index (χ0n) is 18.4. The van der Waals surface area contributed by atoms with Crippen molar-refractivity contribution in [3.05, 3.63) is 72.7 Å². The Balaban J connectivity index is 1.43. The molecule has 0 amide bonds. The van der Waals surface area contributed by atoms with Gasteiger partial charge in [0.2, 0.25) is 16.0 Å². The second-order valence-electron chi connectivity index (χ2n) is 8.10. The number of nitrogens with zero attached hydrogens (tertiary/aromatic N) is 4. The molecule has 3 heterocycles. The Kier molecular flexibility index (Phi) is 6.20. The zero-order valence-corrected chi connectivity index (χ0v) is 19.2. The highest BCUT2D eigenvalue weighted by Gasteiger charge is 2.13. The van der Waals surface area contributed by atoms with Gasteiger partial charge >= 0.3 is 0 Å². The molecule has 1 fully saturated rings. The summed E-state index contributed by atoms with van der Waals surface area (Å²) >= 11 is 0. The van der Waals surface area contributed by atoms with Gasteiger partial charge in [-0.25, -0.2) is 23.5 Å². The number of rotatable bonds is 6. The van der Waals surface area contributed by atoms with Crippen LogP contribution in [0.25, 0.3) is 22.0 Å². The van der Waals surface area contributed by atoms with Gasteiger partial charge in [0.25, 0.3) is 0 Å². The topological polar surface area (TPSA) is 123 Å². The summed E-state index contributed by atoms with van der Waals surface area (Å²) in [5.41, 5.74) is 4.53. The van der Waals surface area contributed by atoms with Crippen LogP contribution < -0.4 is 10.5 Å². The van der Waals surface area contributed by atoms with Gasteiger partial charge in [-0.3, -0.25) is 9.88 Å². The smallest absolute Gasteiger partial charge is 0.238 e. The van der Waals surface area contributed by atoms with Crippen LogP contribution in [0.15, 0.2) is 72.0 Å². The summed E-state index contributed by atoms with van der Waals surface area (Å²) in [5.74, 6) is 0.403. The van der Waals surface area contributed by atoms with Crippen LogP contribution in [-0.2, 0) is 21.3 Å². The van der Waals surface area contributed by atoms with E-state index in [1.807, 2.05) is 30.6 Å². The van der Waals surface area contributed by atoms with Crippen LogP contribution in [0.5, 0.6) is 0 Å². The van der Waals surface area contributed by atoms with E-state index in [1.54, 1.807) is 18.3 Å². The molecule has 3 N–H and O–H groups in total. The van der Waals surface area contributed by atoms with Crippen molar-refractivity contribution >= 4 is 32.6 Å². The monoisotopic (exact) mass is 476 g/mol. The van der Waals surface area contributed by atoms with Gasteiger partial charge in [0.15, 0.2) is 0 Å². The van der Waals surface area contributed by atoms with Crippen LogP contribution in [0.4, 0.5) is 11.6 Å². The molecule has 5 rings (SSSR count). The van der Waals surface area contributed by atoms with Crippen molar-refractivity contribution in [3.8, 4) is 11.1 Å². The van der Waals surface area contributed by atoms with Gasteiger partial charge in [-0.1, -0.05) is 18.2 Å². The van der Waals surface area contributed by atoms with E-state index in [4.69, 9.17) is 14.9 Å². The summed E-state index contributed by atoms with van der Waals surface area (Å²) in [6.07, 6.45) is 5.51. The molecule has 1 saturated heterocycles. The van der Waals surface area contributed by atoms with Crippen LogP contribution in [0.2, 0.25) is 0 Å². The third kappa shape index (κ3) is 5.05. The Morgan fingerprint density at radius 2 is 1.82 bits per heavy atom. The number of fused-ring (bicyclic) bond motifs is 1. The van der Waals surface area contributed by atoms with Gasteiger partial charge in [-0.05, 0) is 35.9 Å². The molecule has 0 unspecified atom stereocenters. The van der Waals surface area contributed by atoms with E-state index in [1.165, 1.54) is 12.1 Å². The molecule has 0 aliphatic carbocycles. The highest BCUT2D eigenvalue weighted by molar-refractivity contribution is 7.89. The number of nitrogens with two attached hydrogens (primary N) is 1. The maximum atomic E-state index is 11.5. The molecule has 0 radical (unpaired) electrons. The predicted molar refractivity (Wildman–Crippen MR) is 130 cm³/mol. The van der Waals surface area contributed by atoms with Crippen LogP contribution in [-0.4, -0.2) is 54.6 Å². The third-order valence-corrected chi connectivity index (χ3v) is 6.59. The van der Waals surface area contributed by atoms with Crippen molar-refractivity contribution in [1.82, 2.24) is 19.9 Å². The number of nitrogens with one attached hydrogen (secondary N) is 1. The van der Waals surface area contributed by atoms with Crippen LogP contribution in [0, 0.1) is 0 Å². The Labute approximate surface area is 197 Å². The summed E-state index contributed by atoms with van der Waals surface area (Å²) in [6.45, 7) is 4.17. The first kappa shape index (κ1) is 22.4. The number of aromatic nitrogens is 3. The Bertz CT molecular complexity index is 1420. The first-order chi connectivity index (χ1) is 16.5. The summed E-state index contributed by atoms with van der Waals surface area (Å²) in [7, 11) is -3.74. The van der Waals surface area contributed by atoms with Crippen molar-refractivity contribution in [1.29, 1.82) is 0 Å². The van der Waals surface area contributed by atoms with Crippen molar-refractivity contribution < 1.29 is 13.2 Å². The second-order valence-corrected chi connectivity index (χ2v) is 9.66. The van der Waals surface area contributed by atoms with Gasteiger partial charge in [0.05, 0.1) is 23.6 Å². The molecular weight excluding hydrogens is 452 g/mol. The van der Waals surface area contributed by atoms with Crippen molar-refractivity contribution in [2.45, 2.75) is 11.4 Å². The van der Waals surface area contributed by atoms with E-state index in [0.29, 0.717) is 11.6 Å². The molecule has 2 aromatic heterocycles. The standard InChI is InChI=1S/C24H24N6O3S/c25-34(31,32)21-6-4-20(5-7-21)28-24-27-15-18-2-1-3-22(23(18)29-24)19-12-17(13-26-14-19)16-30-8-10-33-11-9-30/h1-7,12-15H,8-11,16H2,(H2,25,31,32)(H,27,28,29). The molecular formula is C24H24N6O3S. The minimum atomic E-state index is -3.74. The SMILES string of the molecule is NS(=O)(=O)c1ccc(Nc2ncc3cccc(-c4cncc(CN5CCOCC5)c4)c3n2)cc1. The number of sulfonamides is 1. The third-order valence-electron chi connectivity index (χ3n) is 5.67. The number of hydrogen-bond acceptors (Lipinski definition) is 8. The summed E-state index contributed by atoms with van der Waals surface area (Å²) < 4.78 is 28.4. The number of hydrogen-bond donors (Lipinski definition) is 2. The number of benzene rings is 2. The maximum Gasteiger partial charge on any atom is 0.238 e. The predicted octanol–water partition coefficient (Wildman–Crippen LogP) is 2.92. The first-order valence-corrected chi connectivity index (χ1v) is 12.4. The first-order valence-electron chi connectivity index (χ1n) is 10.9. The molecule has 34 heavy (non-hydrogen) atoms. The van der Waals surface area contributed by atoms with Gasteiger partial charge in [-0.2, -0.15) is 0 Å². The van der Waals surface area contributed by atoms with Crippen molar-refractivity contribution in [2.75, 3.05) is 31.6 Å². The minimum absolute atomic E-state index is 0.0456. The van der Waals surface area contributed by atoms with Gasteiger partial charge in [0, 0.05) is 60.4 Å². The van der Waals surface area contributed by atoms with Gasteiger partial charge in [-0.15, -0.1) is 0 Å². The highest BCUT2D eigenvalue weighted by Crippen LogP contribution is 2.28. The summed E-state index contributed by atoms with van der Waals surface area (Å²) in [4.78, 5) is 16.0. The van der Waals surface area contributed by atoms with E-state index in [-0.39, 0.29) is 4.90 Å². The number of pyridine rings is 1. The molecule has 2 aromatic carbocycles. The second kappa shape index (κ2) is 9.43. The van der Waals surface area contributed by atoms with E-state index in [9.17, 15) is 8.42 Å². The number of para-hydroxylation sites is 1. The molecule has 1 aliphatic heterocycles. The van der Waals surface area contributed by atoms with E-state index in [2.05, 4.69) is 26.3 Å². The normalized spacial score (nSPS) is 14.9. The van der Waals surface area contributed by atoms with Gasteiger partial charge < -0.3 is 10.1 Å². The van der Waals surface area contributed by atoms with Crippen molar-refractivity contribution in [2.24, 2.45) is 5.14 Å². The quantitative estimate of drug-likeness (QED) is 0.435. The molecule has 9 nitrogen and oxygen atoms in total. The Morgan fingerprint density at radius 1 is 1.03 bits per heavy atom. The number of morpholine rings is 1. The lowest BCUT2D eigenvalue weighted by molar-refractivity contribution is 0.0341. The lowest BCUT2D eigenvalue weighted by Gasteiger charge is -2.26. The molecule has 0 bridgehead atoms. The number of ether oxygens (including phenoxy) is 1. The molecule has 0 atom stereocenters. The summed E-state index contributed by atoms with van der Waals surface area (Å²) in [6, 6.07) is 14.2. The zero-order chi connectivity index (χ0) is 23.5. The van der Waals surface area contributed by atoms with Gasteiger partial charge in [0.1, 0.15) is 0 Å². The lowest BCUT2D eigenvalue weighted by atomic mass is 10.0. The fourth-order valence-electron chi connectivity index (χ4n) is 3.94. The fraction of sp³-hybridized carbons (Fsp3) is 0.208. The number of primary sulfonamides is 1. The largest absolute Gasteiger partial charge is 0.379 e.